The molecule has 2 amide bonds. The number of hydrogen-bond donors (Lipinski definition) is 2. The lowest BCUT2D eigenvalue weighted by Gasteiger charge is -2.33. The SMILES string of the molecule is O=C(NCc1ccc(F)cc1)C(c1ccccc1)N(CC1CCC(F)(F)C1)C(=O)CCc1ccc(O)cc1. The molecule has 3 aromatic carbocycles. The summed E-state index contributed by atoms with van der Waals surface area (Å²) in [6.45, 7) is 0.160. The van der Waals surface area contributed by atoms with Crippen molar-refractivity contribution >= 4 is 11.8 Å². The fourth-order valence-corrected chi connectivity index (χ4v) is 4.88. The first-order chi connectivity index (χ1) is 18.2. The van der Waals surface area contributed by atoms with Crippen LogP contribution in [0.5, 0.6) is 5.75 Å². The van der Waals surface area contributed by atoms with Crippen LogP contribution in [0.1, 0.15) is 48.4 Å². The summed E-state index contributed by atoms with van der Waals surface area (Å²) in [5.74, 6) is -4.24. The van der Waals surface area contributed by atoms with Gasteiger partial charge in [0.15, 0.2) is 0 Å². The number of rotatable bonds is 10. The lowest BCUT2D eigenvalue weighted by Crippen LogP contribution is -2.45. The molecular weight excluding hydrogens is 493 g/mol. The van der Waals surface area contributed by atoms with Crippen LogP contribution in [-0.2, 0) is 22.6 Å². The van der Waals surface area contributed by atoms with E-state index in [1.54, 1.807) is 54.6 Å². The standard InChI is InChI=1S/C30H31F3N2O3/c31-25-11-6-22(7-12-25)19-34-29(38)28(24-4-2-1-3-5-24)35(20-23-16-17-30(32,33)18-23)27(37)15-10-21-8-13-26(36)14-9-21/h1-9,11-14,23,28,36H,10,15-20H2,(H,34,38). The maximum absolute atomic E-state index is 14.0. The topological polar surface area (TPSA) is 69.6 Å². The molecule has 5 nitrogen and oxygen atoms in total. The fourth-order valence-electron chi connectivity index (χ4n) is 4.88. The lowest BCUT2D eigenvalue weighted by molar-refractivity contribution is -0.141. The van der Waals surface area contributed by atoms with E-state index < -0.39 is 23.8 Å². The van der Waals surface area contributed by atoms with Crippen LogP contribution < -0.4 is 5.32 Å². The monoisotopic (exact) mass is 524 g/mol. The van der Waals surface area contributed by atoms with Crippen molar-refractivity contribution in [2.45, 2.75) is 50.6 Å². The van der Waals surface area contributed by atoms with E-state index in [-0.39, 0.29) is 56.2 Å². The summed E-state index contributed by atoms with van der Waals surface area (Å²) in [7, 11) is 0. The zero-order valence-corrected chi connectivity index (χ0v) is 21.0. The zero-order valence-electron chi connectivity index (χ0n) is 21.0. The van der Waals surface area contributed by atoms with E-state index in [9.17, 15) is 27.9 Å². The second kappa shape index (κ2) is 12.2. The third-order valence-corrected chi connectivity index (χ3v) is 6.90. The summed E-state index contributed by atoms with van der Waals surface area (Å²) in [5, 5.41) is 12.4. The highest BCUT2D eigenvalue weighted by atomic mass is 19.3. The Morgan fingerprint density at radius 3 is 2.26 bits per heavy atom. The van der Waals surface area contributed by atoms with Crippen molar-refractivity contribution in [1.29, 1.82) is 0 Å². The number of aryl methyl sites for hydroxylation is 1. The van der Waals surface area contributed by atoms with Crippen molar-refractivity contribution in [1.82, 2.24) is 10.2 Å². The van der Waals surface area contributed by atoms with Crippen molar-refractivity contribution in [3.05, 3.63) is 101 Å². The summed E-state index contributed by atoms with van der Waals surface area (Å²) < 4.78 is 41.4. The molecule has 3 aromatic rings. The highest BCUT2D eigenvalue weighted by molar-refractivity contribution is 5.88. The Morgan fingerprint density at radius 1 is 0.974 bits per heavy atom. The third-order valence-electron chi connectivity index (χ3n) is 6.90. The first-order valence-electron chi connectivity index (χ1n) is 12.7. The third kappa shape index (κ3) is 7.37. The predicted octanol–water partition coefficient (Wildman–Crippen LogP) is 5.79. The van der Waals surface area contributed by atoms with Crippen molar-refractivity contribution in [2.24, 2.45) is 5.92 Å². The number of hydrogen-bond acceptors (Lipinski definition) is 3. The van der Waals surface area contributed by atoms with E-state index in [0.717, 1.165) is 5.56 Å². The Kier molecular flexibility index (Phi) is 8.71. The Bertz CT molecular complexity index is 1220. The van der Waals surface area contributed by atoms with Gasteiger partial charge in [0.2, 0.25) is 17.7 Å². The van der Waals surface area contributed by atoms with Crippen LogP contribution >= 0.6 is 0 Å². The van der Waals surface area contributed by atoms with E-state index in [0.29, 0.717) is 17.5 Å². The minimum atomic E-state index is -2.78. The number of phenols is 1. The van der Waals surface area contributed by atoms with E-state index in [4.69, 9.17) is 0 Å². The number of nitrogens with one attached hydrogen (secondary N) is 1. The van der Waals surface area contributed by atoms with Gasteiger partial charge in [-0.3, -0.25) is 9.59 Å². The molecular formula is C30H31F3N2O3. The number of carbonyl (C=O) groups excluding carboxylic acids is 2. The molecule has 2 atom stereocenters. The quantitative estimate of drug-likeness (QED) is 0.353. The van der Waals surface area contributed by atoms with Crippen LogP contribution in [0, 0.1) is 11.7 Å². The second-order valence-corrected chi connectivity index (χ2v) is 9.83. The van der Waals surface area contributed by atoms with Crippen LogP contribution in [0.3, 0.4) is 0 Å². The summed E-state index contributed by atoms with van der Waals surface area (Å²) in [4.78, 5) is 28.7. The molecule has 0 spiro atoms. The molecule has 0 bridgehead atoms. The minimum Gasteiger partial charge on any atom is -0.508 e. The largest absolute Gasteiger partial charge is 0.508 e. The fraction of sp³-hybridized carbons (Fsp3) is 0.333. The first-order valence-corrected chi connectivity index (χ1v) is 12.7. The summed E-state index contributed by atoms with van der Waals surface area (Å²) >= 11 is 0. The number of aromatic hydroxyl groups is 1. The van der Waals surface area contributed by atoms with Gasteiger partial charge in [-0.2, -0.15) is 0 Å². The van der Waals surface area contributed by atoms with Gasteiger partial charge in [0.1, 0.15) is 17.6 Å². The van der Waals surface area contributed by atoms with E-state index in [1.165, 1.54) is 29.2 Å². The maximum Gasteiger partial charge on any atom is 0.248 e. The zero-order chi connectivity index (χ0) is 27.1. The van der Waals surface area contributed by atoms with Gasteiger partial charge in [-0.25, -0.2) is 13.2 Å². The molecule has 1 fully saturated rings. The number of benzene rings is 3. The van der Waals surface area contributed by atoms with Crippen molar-refractivity contribution in [2.75, 3.05) is 6.54 Å². The number of amides is 2. The molecule has 0 radical (unpaired) electrons. The van der Waals surface area contributed by atoms with Crippen LogP contribution in [0.2, 0.25) is 0 Å². The molecule has 2 N–H and O–H groups in total. The highest BCUT2D eigenvalue weighted by Crippen LogP contribution is 2.40. The van der Waals surface area contributed by atoms with Crippen LogP contribution in [0.15, 0.2) is 78.9 Å². The van der Waals surface area contributed by atoms with E-state index >= 15 is 0 Å². The van der Waals surface area contributed by atoms with Gasteiger partial charge in [0, 0.05) is 32.4 Å². The molecule has 1 saturated carbocycles. The Hall–Kier alpha value is -3.81. The van der Waals surface area contributed by atoms with Gasteiger partial charge in [-0.1, -0.05) is 54.6 Å². The molecule has 2 unspecified atom stereocenters. The second-order valence-electron chi connectivity index (χ2n) is 9.83. The number of halogens is 3. The molecule has 0 heterocycles. The number of nitrogens with zero attached hydrogens (tertiary/aromatic N) is 1. The van der Waals surface area contributed by atoms with Gasteiger partial charge in [0.25, 0.3) is 0 Å². The van der Waals surface area contributed by atoms with Crippen LogP contribution in [-0.4, -0.2) is 34.3 Å². The van der Waals surface area contributed by atoms with Gasteiger partial charge in [-0.15, -0.1) is 0 Å². The summed E-state index contributed by atoms with van der Waals surface area (Å²) in [6, 6.07) is 20.0. The van der Waals surface area contributed by atoms with Gasteiger partial charge >= 0.3 is 0 Å². The maximum atomic E-state index is 14.0. The summed E-state index contributed by atoms with van der Waals surface area (Å²) in [6.07, 6.45) is 0.151. The summed E-state index contributed by atoms with van der Waals surface area (Å²) in [5.41, 5.74) is 2.10. The molecule has 4 rings (SSSR count). The van der Waals surface area contributed by atoms with Gasteiger partial charge in [0.05, 0.1) is 0 Å². The van der Waals surface area contributed by atoms with Crippen molar-refractivity contribution in [3.63, 3.8) is 0 Å². The number of alkyl halides is 2. The van der Waals surface area contributed by atoms with Gasteiger partial charge in [-0.05, 0) is 59.7 Å². The molecule has 0 saturated heterocycles. The molecule has 1 aliphatic rings. The molecule has 0 aromatic heterocycles. The molecule has 200 valence electrons. The molecule has 1 aliphatic carbocycles. The molecule has 8 heteroatoms. The van der Waals surface area contributed by atoms with E-state index in [1.807, 2.05) is 0 Å². The predicted molar refractivity (Wildman–Crippen MR) is 138 cm³/mol. The van der Waals surface area contributed by atoms with Crippen LogP contribution in [0.25, 0.3) is 0 Å². The number of phenolic OH excluding ortho intramolecular Hbond substituents is 1. The van der Waals surface area contributed by atoms with Crippen LogP contribution in [0.4, 0.5) is 13.2 Å². The Balaban J connectivity index is 1.58. The average molecular weight is 525 g/mol. The van der Waals surface area contributed by atoms with Gasteiger partial charge < -0.3 is 15.3 Å². The smallest absolute Gasteiger partial charge is 0.248 e. The Labute approximate surface area is 220 Å². The van der Waals surface area contributed by atoms with Crippen molar-refractivity contribution < 1.29 is 27.9 Å². The minimum absolute atomic E-state index is 0.0352. The number of carbonyl (C=O) groups is 2. The Morgan fingerprint density at radius 2 is 1.63 bits per heavy atom. The average Bonchev–Trinajstić information content (AvgIpc) is 3.26. The normalized spacial score (nSPS) is 17.1. The van der Waals surface area contributed by atoms with E-state index in [2.05, 4.69) is 5.32 Å². The molecule has 0 aliphatic heterocycles. The lowest BCUT2D eigenvalue weighted by atomic mass is 9.99. The highest BCUT2D eigenvalue weighted by Gasteiger charge is 2.42. The first kappa shape index (κ1) is 27.2. The van der Waals surface area contributed by atoms with Crippen molar-refractivity contribution in [3.8, 4) is 5.75 Å². The molecule has 38 heavy (non-hydrogen) atoms.